The number of aromatic nitrogens is 2. The number of hydrogen-bond acceptors (Lipinski definition) is 5. The molecular formula is C22H16BrN3O3. The summed E-state index contributed by atoms with van der Waals surface area (Å²) in [5, 5.41) is 4.92. The van der Waals surface area contributed by atoms with Gasteiger partial charge in [0.15, 0.2) is 6.61 Å². The zero-order valence-electron chi connectivity index (χ0n) is 15.2. The van der Waals surface area contributed by atoms with Crippen LogP contribution in [0.25, 0.3) is 10.8 Å². The van der Waals surface area contributed by atoms with E-state index in [-0.39, 0.29) is 18.5 Å². The molecule has 0 fully saturated rings. The van der Waals surface area contributed by atoms with Gasteiger partial charge in [0.05, 0.1) is 4.47 Å². The molecule has 1 N–H and O–H groups in total. The lowest BCUT2D eigenvalue weighted by atomic mass is 10.1. The number of carbonyl (C=O) groups is 1. The summed E-state index contributed by atoms with van der Waals surface area (Å²) in [6, 6.07) is 20.7. The van der Waals surface area contributed by atoms with E-state index in [1.165, 1.54) is 0 Å². The van der Waals surface area contributed by atoms with E-state index in [2.05, 4.69) is 31.2 Å². The van der Waals surface area contributed by atoms with Crippen molar-refractivity contribution in [1.82, 2.24) is 9.97 Å². The third-order valence-electron chi connectivity index (χ3n) is 4.08. The van der Waals surface area contributed by atoms with Gasteiger partial charge in [-0.3, -0.25) is 4.79 Å². The number of halogens is 1. The lowest BCUT2D eigenvalue weighted by molar-refractivity contribution is -0.118. The van der Waals surface area contributed by atoms with Gasteiger partial charge in [0.25, 0.3) is 5.91 Å². The Morgan fingerprint density at radius 1 is 0.931 bits per heavy atom. The first kappa shape index (κ1) is 18.9. The minimum absolute atomic E-state index is 0.104. The van der Waals surface area contributed by atoms with Gasteiger partial charge in [0.2, 0.25) is 0 Å². The lowest BCUT2D eigenvalue weighted by Gasteiger charge is -2.11. The topological polar surface area (TPSA) is 73.3 Å². The zero-order chi connectivity index (χ0) is 20.1. The number of anilines is 1. The maximum atomic E-state index is 12.2. The molecule has 0 bridgehead atoms. The van der Waals surface area contributed by atoms with Crippen molar-refractivity contribution in [2.75, 3.05) is 11.9 Å². The van der Waals surface area contributed by atoms with Crippen LogP contribution in [0.15, 0.2) is 83.6 Å². The van der Waals surface area contributed by atoms with Gasteiger partial charge in [0.1, 0.15) is 11.5 Å². The highest BCUT2D eigenvalue weighted by atomic mass is 79.9. The molecule has 0 radical (unpaired) electrons. The lowest BCUT2D eigenvalue weighted by Crippen LogP contribution is -2.20. The molecule has 1 aromatic heterocycles. The highest BCUT2D eigenvalue weighted by molar-refractivity contribution is 9.10. The molecule has 0 saturated carbocycles. The molecule has 0 saturated heterocycles. The average Bonchev–Trinajstić information content (AvgIpc) is 2.76. The molecule has 0 aliphatic heterocycles. The normalized spacial score (nSPS) is 10.5. The summed E-state index contributed by atoms with van der Waals surface area (Å²) in [4.78, 5) is 20.2. The average molecular weight is 450 g/mol. The number of hydrogen-bond donors (Lipinski definition) is 1. The molecule has 1 amide bonds. The monoisotopic (exact) mass is 449 g/mol. The Morgan fingerprint density at radius 3 is 2.48 bits per heavy atom. The fraction of sp³-hybridized carbons (Fsp3) is 0.0455. The van der Waals surface area contributed by atoms with E-state index >= 15 is 0 Å². The number of nitrogens with zero attached hydrogens (tertiary/aromatic N) is 2. The van der Waals surface area contributed by atoms with Crippen molar-refractivity contribution in [2.45, 2.75) is 0 Å². The van der Waals surface area contributed by atoms with Gasteiger partial charge in [-0.15, -0.1) is 0 Å². The summed E-state index contributed by atoms with van der Waals surface area (Å²) in [5.41, 5.74) is 0.637. The summed E-state index contributed by atoms with van der Waals surface area (Å²) >= 11 is 3.55. The predicted molar refractivity (Wildman–Crippen MR) is 114 cm³/mol. The minimum Gasteiger partial charge on any atom is -0.483 e. The third-order valence-corrected chi connectivity index (χ3v) is 4.89. The van der Waals surface area contributed by atoms with E-state index in [1.54, 1.807) is 42.7 Å². The number of fused-ring (bicyclic) bond motifs is 1. The largest absolute Gasteiger partial charge is 0.483 e. The van der Waals surface area contributed by atoms with Crippen LogP contribution in [0.4, 0.5) is 5.69 Å². The van der Waals surface area contributed by atoms with Crippen molar-refractivity contribution in [3.63, 3.8) is 0 Å². The van der Waals surface area contributed by atoms with Gasteiger partial charge in [-0.1, -0.05) is 30.3 Å². The molecule has 4 aromatic rings. The summed E-state index contributed by atoms with van der Waals surface area (Å²) in [6.45, 7) is -0.104. The molecule has 7 heteroatoms. The quantitative estimate of drug-likeness (QED) is 0.437. The van der Waals surface area contributed by atoms with Crippen LogP contribution in [0.3, 0.4) is 0 Å². The van der Waals surface area contributed by atoms with E-state index in [9.17, 15) is 4.79 Å². The maximum Gasteiger partial charge on any atom is 0.321 e. The summed E-state index contributed by atoms with van der Waals surface area (Å²) < 4.78 is 12.0. The van der Waals surface area contributed by atoms with Gasteiger partial charge in [-0.05, 0) is 63.1 Å². The Labute approximate surface area is 175 Å². The molecular weight excluding hydrogens is 434 g/mol. The maximum absolute atomic E-state index is 12.2. The minimum atomic E-state index is -0.259. The van der Waals surface area contributed by atoms with Crippen LogP contribution in [0, 0.1) is 0 Å². The second kappa shape index (κ2) is 8.70. The van der Waals surface area contributed by atoms with Crippen molar-refractivity contribution in [3.05, 3.63) is 83.6 Å². The molecule has 0 spiro atoms. The molecule has 0 atom stereocenters. The Hall–Kier alpha value is -3.45. The number of ether oxygens (including phenoxy) is 2. The van der Waals surface area contributed by atoms with E-state index in [0.29, 0.717) is 17.2 Å². The number of rotatable bonds is 6. The van der Waals surface area contributed by atoms with Crippen LogP contribution < -0.4 is 14.8 Å². The molecule has 0 aliphatic carbocycles. The highest BCUT2D eigenvalue weighted by Gasteiger charge is 2.09. The third kappa shape index (κ3) is 4.70. The van der Waals surface area contributed by atoms with E-state index in [1.807, 2.05) is 36.4 Å². The Kier molecular flexibility index (Phi) is 5.67. The van der Waals surface area contributed by atoms with E-state index in [4.69, 9.17) is 9.47 Å². The highest BCUT2D eigenvalue weighted by Crippen LogP contribution is 2.33. The van der Waals surface area contributed by atoms with Gasteiger partial charge >= 0.3 is 6.01 Å². The van der Waals surface area contributed by atoms with E-state index < -0.39 is 0 Å². The first-order chi connectivity index (χ1) is 14.2. The molecule has 29 heavy (non-hydrogen) atoms. The predicted octanol–water partition coefficient (Wildman–Crippen LogP) is 5.20. The van der Waals surface area contributed by atoms with Crippen molar-refractivity contribution in [2.24, 2.45) is 0 Å². The van der Waals surface area contributed by atoms with Gasteiger partial charge in [0, 0.05) is 18.1 Å². The van der Waals surface area contributed by atoms with E-state index in [0.717, 1.165) is 15.2 Å². The number of nitrogens with one attached hydrogen (secondary N) is 1. The van der Waals surface area contributed by atoms with Gasteiger partial charge < -0.3 is 14.8 Å². The van der Waals surface area contributed by atoms with Crippen LogP contribution >= 0.6 is 15.9 Å². The van der Waals surface area contributed by atoms with Crippen molar-refractivity contribution in [1.29, 1.82) is 0 Å². The van der Waals surface area contributed by atoms with Crippen molar-refractivity contribution >= 4 is 38.3 Å². The Morgan fingerprint density at radius 2 is 1.69 bits per heavy atom. The second-order valence-electron chi connectivity index (χ2n) is 6.09. The number of benzene rings is 3. The molecule has 3 aromatic carbocycles. The van der Waals surface area contributed by atoms with Crippen molar-refractivity contribution in [3.8, 4) is 17.5 Å². The second-order valence-corrected chi connectivity index (χ2v) is 6.89. The van der Waals surface area contributed by atoms with Crippen LogP contribution in [0.1, 0.15) is 0 Å². The zero-order valence-corrected chi connectivity index (χ0v) is 16.8. The molecule has 144 valence electrons. The molecule has 4 rings (SSSR count). The molecule has 1 heterocycles. The first-order valence-corrected chi connectivity index (χ1v) is 9.63. The Balaban J connectivity index is 1.34. The summed E-state index contributed by atoms with van der Waals surface area (Å²) in [6.07, 6.45) is 3.20. The summed E-state index contributed by atoms with van der Waals surface area (Å²) in [5.74, 6) is 0.932. The van der Waals surface area contributed by atoms with Gasteiger partial charge in [-0.25, -0.2) is 9.97 Å². The molecule has 6 nitrogen and oxygen atoms in total. The first-order valence-electron chi connectivity index (χ1n) is 8.84. The fourth-order valence-corrected chi connectivity index (χ4v) is 3.32. The Bertz CT molecular complexity index is 1140. The fourth-order valence-electron chi connectivity index (χ4n) is 2.72. The van der Waals surface area contributed by atoms with Gasteiger partial charge in [-0.2, -0.15) is 0 Å². The molecule has 0 aliphatic rings. The number of carbonyl (C=O) groups excluding carboxylic acids is 1. The standard InChI is InChI=1S/C22H16BrN3O3/c23-21-18-5-2-1-4-15(18)6-11-19(21)28-14-20(27)26-16-7-9-17(10-8-16)29-22-24-12-3-13-25-22/h1-13H,14H2,(H,26,27). The van der Waals surface area contributed by atoms with Crippen LogP contribution in [0.5, 0.6) is 17.5 Å². The van der Waals surface area contributed by atoms with Crippen LogP contribution in [-0.2, 0) is 4.79 Å². The SMILES string of the molecule is O=C(COc1ccc2ccccc2c1Br)Nc1ccc(Oc2ncccn2)cc1. The van der Waals surface area contributed by atoms with Crippen molar-refractivity contribution < 1.29 is 14.3 Å². The van der Waals surface area contributed by atoms with Crippen LogP contribution in [-0.4, -0.2) is 22.5 Å². The number of amides is 1. The van der Waals surface area contributed by atoms with Crippen LogP contribution in [0.2, 0.25) is 0 Å². The molecule has 0 unspecified atom stereocenters. The summed E-state index contributed by atoms with van der Waals surface area (Å²) in [7, 11) is 0. The smallest absolute Gasteiger partial charge is 0.321 e.